The fourth-order valence-corrected chi connectivity index (χ4v) is 1.63. The van der Waals surface area contributed by atoms with Crippen LogP contribution in [-0.4, -0.2) is 20.8 Å². The SMILES string of the molecule is O=C(C=Cc1ccc([N+](=O)[O-])cc1)Nc1cnc(Br)cn1. The van der Waals surface area contributed by atoms with Crippen LogP contribution in [0.5, 0.6) is 0 Å². The van der Waals surface area contributed by atoms with E-state index in [9.17, 15) is 14.9 Å². The van der Waals surface area contributed by atoms with Crippen LogP contribution in [0, 0.1) is 10.1 Å². The number of hydrogen-bond acceptors (Lipinski definition) is 5. The Hall–Kier alpha value is -2.61. The highest BCUT2D eigenvalue weighted by atomic mass is 79.9. The highest BCUT2D eigenvalue weighted by molar-refractivity contribution is 9.10. The zero-order valence-electron chi connectivity index (χ0n) is 10.6. The zero-order valence-corrected chi connectivity index (χ0v) is 12.1. The van der Waals surface area contributed by atoms with Crippen molar-refractivity contribution in [2.75, 3.05) is 5.32 Å². The molecule has 2 rings (SSSR count). The van der Waals surface area contributed by atoms with Crippen LogP contribution < -0.4 is 5.32 Å². The summed E-state index contributed by atoms with van der Waals surface area (Å²) in [5.74, 6) is -0.0403. The second-order valence-electron chi connectivity index (χ2n) is 3.90. The predicted molar refractivity (Wildman–Crippen MR) is 80.5 cm³/mol. The van der Waals surface area contributed by atoms with E-state index in [0.29, 0.717) is 16.0 Å². The summed E-state index contributed by atoms with van der Waals surface area (Å²) in [6.45, 7) is 0. The van der Waals surface area contributed by atoms with Gasteiger partial charge in [0.25, 0.3) is 5.69 Å². The van der Waals surface area contributed by atoms with Crippen molar-refractivity contribution >= 4 is 39.4 Å². The number of halogens is 1. The summed E-state index contributed by atoms with van der Waals surface area (Å²) in [6.07, 6.45) is 5.74. The number of aromatic nitrogens is 2. The van der Waals surface area contributed by atoms with Gasteiger partial charge < -0.3 is 5.32 Å². The molecule has 0 fully saturated rings. The van der Waals surface area contributed by atoms with E-state index >= 15 is 0 Å². The fraction of sp³-hybridized carbons (Fsp3) is 0. The van der Waals surface area contributed by atoms with Gasteiger partial charge in [0, 0.05) is 18.2 Å². The number of nitrogens with one attached hydrogen (secondary N) is 1. The summed E-state index contributed by atoms with van der Waals surface area (Å²) in [5.41, 5.74) is 0.680. The van der Waals surface area contributed by atoms with E-state index in [2.05, 4.69) is 31.2 Å². The molecule has 1 aromatic carbocycles. The highest BCUT2D eigenvalue weighted by Gasteiger charge is 2.03. The lowest BCUT2D eigenvalue weighted by molar-refractivity contribution is -0.384. The van der Waals surface area contributed by atoms with Crippen molar-refractivity contribution in [3.63, 3.8) is 0 Å². The molecule has 1 N–H and O–H groups in total. The minimum Gasteiger partial charge on any atom is -0.306 e. The third-order valence-electron chi connectivity index (χ3n) is 2.40. The Labute approximate surface area is 128 Å². The largest absolute Gasteiger partial charge is 0.306 e. The van der Waals surface area contributed by atoms with Crippen LogP contribution in [0.1, 0.15) is 5.56 Å². The first kappa shape index (κ1) is 14.8. The van der Waals surface area contributed by atoms with E-state index < -0.39 is 4.92 Å². The van der Waals surface area contributed by atoms with Crippen LogP contribution in [0.2, 0.25) is 0 Å². The van der Waals surface area contributed by atoms with Gasteiger partial charge in [-0.3, -0.25) is 14.9 Å². The lowest BCUT2D eigenvalue weighted by atomic mass is 10.2. The number of benzene rings is 1. The van der Waals surface area contributed by atoms with E-state index in [1.165, 1.54) is 30.6 Å². The lowest BCUT2D eigenvalue weighted by Crippen LogP contribution is -2.09. The summed E-state index contributed by atoms with van der Waals surface area (Å²) in [6, 6.07) is 5.86. The van der Waals surface area contributed by atoms with Gasteiger partial charge in [-0.25, -0.2) is 9.97 Å². The molecule has 1 heterocycles. The number of nitrogens with zero attached hydrogens (tertiary/aromatic N) is 3. The Balaban J connectivity index is 1.98. The Morgan fingerprint density at radius 1 is 1.24 bits per heavy atom. The fourth-order valence-electron chi connectivity index (χ4n) is 1.42. The van der Waals surface area contributed by atoms with Crippen LogP contribution >= 0.6 is 15.9 Å². The van der Waals surface area contributed by atoms with Crippen LogP contribution in [0.15, 0.2) is 47.3 Å². The first-order chi connectivity index (χ1) is 10.0. The van der Waals surface area contributed by atoms with Gasteiger partial charge in [-0.1, -0.05) is 0 Å². The zero-order chi connectivity index (χ0) is 15.2. The van der Waals surface area contributed by atoms with Gasteiger partial charge in [0.15, 0.2) is 5.82 Å². The number of carbonyl (C=O) groups excluding carboxylic acids is 1. The van der Waals surface area contributed by atoms with E-state index in [1.807, 2.05) is 0 Å². The smallest absolute Gasteiger partial charge is 0.269 e. The number of anilines is 1. The van der Waals surface area contributed by atoms with E-state index in [4.69, 9.17) is 0 Å². The number of nitro benzene ring substituents is 1. The maximum absolute atomic E-state index is 11.7. The Kier molecular flexibility index (Phi) is 4.72. The standard InChI is InChI=1S/C13H9BrN4O3/c14-11-7-16-12(8-15-11)17-13(19)6-3-9-1-4-10(5-2-9)18(20)21/h1-8H,(H,16,17,19). The summed E-state index contributed by atoms with van der Waals surface area (Å²) >= 11 is 3.14. The van der Waals surface area contributed by atoms with E-state index in [-0.39, 0.29) is 11.6 Å². The highest BCUT2D eigenvalue weighted by Crippen LogP contribution is 2.13. The number of hydrogen-bond donors (Lipinski definition) is 1. The molecule has 0 radical (unpaired) electrons. The molecule has 0 unspecified atom stereocenters. The van der Waals surface area contributed by atoms with Gasteiger partial charge in [0.05, 0.1) is 17.3 Å². The summed E-state index contributed by atoms with van der Waals surface area (Å²) in [4.78, 5) is 29.6. The molecule has 0 aliphatic carbocycles. The second kappa shape index (κ2) is 6.71. The van der Waals surface area contributed by atoms with Crippen LogP contribution in [0.3, 0.4) is 0 Å². The Bertz CT molecular complexity index is 684. The molecule has 21 heavy (non-hydrogen) atoms. The van der Waals surface area contributed by atoms with E-state index in [0.717, 1.165) is 0 Å². The molecule has 1 amide bonds. The third kappa shape index (κ3) is 4.46. The van der Waals surface area contributed by atoms with Gasteiger partial charge >= 0.3 is 0 Å². The second-order valence-corrected chi connectivity index (χ2v) is 4.71. The Morgan fingerprint density at radius 3 is 2.52 bits per heavy atom. The normalized spacial score (nSPS) is 10.5. The van der Waals surface area contributed by atoms with Crippen molar-refractivity contribution in [3.05, 3.63) is 63.0 Å². The summed E-state index contributed by atoms with van der Waals surface area (Å²) < 4.78 is 0.571. The summed E-state index contributed by atoms with van der Waals surface area (Å²) in [5, 5.41) is 13.1. The molecule has 0 aliphatic rings. The molecular weight excluding hydrogens is 340 g/mol. The molecule has 0 saturated carbocycles. The van der Waals surface area contributed by atoms with Crippen molar-refractivity contribution in [2.45, 2.75) is 0 Å². The van der Waals surface area contributed by atoms with Crippen molar-refractivity contribution in [1.29, 1.82) is 0 Å². The number of carbonyl (C=O) groups is 1. The van der Waals surface area contributed by atoms with E-state index in [1.54, 1.807) is 18.2 Å². The first-order valence-corrected chi connectivity index (χ1v) is 6.55. The number of nitro groups is 1. The van der Waals surface area contributed by atoms with Gasteiger partial charge in [0.1, 0.15) is 4.60 Å². The molecular formula is C13H9BrN4O3. The molecule has 0 aliphatic heterocycles. The number of rotatable bonds is 4. The first-order valence-electron chi connectivity index (χ1n) is 5.75. The molecule has 7 nitrogen and oxygen atoms in total. The average molecular weight is 349 g/mol. The van der Waals surface area contributed by atoms with Gasteiger partial charge in [0.2, 0.25) is 5.91 Å². The van der Waals surface area contributed by atoms with Crippen molar-refractivity contribution in [2.24, 2.45) is 0 Å². The Morgan fingerprint density at radius 2 is 1.95 bits per heavy atom. The minimum absolute atomic E-state index is 0.00161. The van der Waals surface area contributed by atoms with Crippen LogP contribution in [0.4, 0.5) is 11.5 Å². The van der Waals surface area contributed by atoms with Crippen LogP contribution in [-0.2, 0) is 4.79 Å². The molecule has 8 heteroatoms. The van der Waals surface area contributed by atoms with Crippen LogP contribution in [0.25, 0.3) is 6.08 Å². The van der Waals surface area contributed by atoms with Gasteiger partial charge in [-0.05, 0) is 39.7 Å². The molecule has 0 spiro atoms. The molecule has 0 atom stereocenters. The lowest BCUT2D eigenvalue weighted by Gasteiger charge is -2.00. The monoisotopic (exact) mass is 348 g/mol. The van der Waals surface area contributed by atoms with Gasteiger partial charge in [-0.15, -0.1) is 0 Å². The summed E-state index contributed by atoms with van der Waals surface area (Å²) in [7, 11) is 0. The van der Waals surface area contributed by atoms with Crippen molar-refractivity contribution in [1.82, 2.24) is 9.97 Å². The molecule has 2 aromatic rings. The van der Waals surface area contributed by atoms with Crippen molar-refractivity contribution < 1.29 is 9.72 Å². The third-order valence-corrected chi connectivity index (χ3v) is 2.81. The predicted octanol–water partition coefficient (Wildman–Crippen LogP) is 2.80. The molecule has 0 bridgehead atoms. The maximum atomic E-state index is 11.7. The maximum Gasteiger partial charge on any atom is 0.269 e. The molecule has 1 aromatic heterocycles. The number of non-ortho nitro benzene ring substituents is 1. The van der Waals surface area contributed by atoms with Crippen molar-refractivity contribution in [3.8, 4) is 0 Å². The topological polar surface area (TPSA) is 98.0 Å². The molecule has 106 valence electrons. The quantitative estimate of drug-likeness (QED) is 0.520. The average Bonchev–Trinajstić information content (AvgIpc) is 2.48. The number of amides is 1. The molecule has 0 saturated heterocycles. The van der Waals surface area contributed by atoms with Gasteiger partial charge in [-0.2, -0.15) is 0 Å². The minimum atomic E-state index is -0.480.